The van der Waals surface area contributed by atoms with E-state index in [1.807, 2.05) is 45.0 Å². The fourth-order valence-electron chi connectivity index (χ4n) is 2.17. The molecular formula is C15H20ClNO2. The molecule has 1 N–H and O–H groups in total. The van der Waals surface area contributed by atoms with Crippen LogP contribution in [-0.2, 0) is 10.2 Å². The summed E-state index contributed by atoms with van der Waals surface area (Å²) < 4.78 is 5.27. The van der Waals surface area contributed by atoms with Gasteiger partial charge in [-0.05, 0) is 44.9 Å². The van der Waals surface area contributed by atoms with Crippen molar-refractivity contribution < 1.29 is 9.53 Å². The van der Waals surface area contributed by atoms with Crippen LogP contribution in [-0.4, -0.2) is 17.7 Å². The Morgan fingerprint density at radius 3 is 2.47 bits per heavy atom. The summed E-state index contributed by atoms with van der Waals surface area (Å²) in [6, 6.07) is 7.91. The lowest BCUT2D eigenvalue weighted by Gasteiger charge is -2.20. The van der Waals surface area contributed by atoms with Gasteiger partial charge in [-0.3, -0.25) is 0 Å². The average molecular weight is 282 g/mol. The van der Waals surface area contributed by atoms with Gasteiger partial charge in [0.05, 0.1) is 0 Å². The molecule has 0 saturated heterocycles. The van der Waals surface area contributed by atoms with Gasteiger partial charge in [-0.2, -0.15) is 0 Å². The summed E-state index contributed by atoms with van der Waals surface area (Å²) in [7, 11) is 0. The maximum Gasteiger partial charge on any atom is 0.407 e. The fourth-order valence-corrected chi connectivity index (χ4v) is 2.30. The molecule has 0 aromatic heterocycles. The van der Waals surface area contributed by atoms with Gasteiger partial charge >= 0.3 is 6.09 Å². The highest BCUT2D eigenvalue weighted by molar-refractivity contribution is 6.30. The molecule has 1 aromatic carbocycles. The summed E-state index contributed by atoms with van der Waals surface area (Å²) in [6.45, 7) is 7.71. The van der Waals surface area contributed by atoms with Gasteiger partial charge in [0.15, 0.2) is 0 Å². The van der Waals surface area contributed by atoms with Crippen molar-refractivity contribution >= 4 is 17.7 Å². The van der Waals surface area contributed by atoms with Crippen LogP contribution in [0.15, 0.2) is 24.3 Å². The Morgan fingerprint density at radius 2 is 1.95 bits per heavy atom. The van der Waals surface area contributed by atoms with Crippen LogP contribution < -0.4 is 5.32 Å². The molecule has 1 aromatic rings. The summed E-state index contributed by atoms with van der Waals surface area (Å²) >= 11 is 5.89. The molecule has 104 valence electrons. The van der Waals surface area contributed by atoms with E-state index in [9.17, 15) is 4.79 Å². The minimum Gasteiger partial charge on any atom is -0.444 e. The van der Waals surface area contributed by atoms with E-state index in [0.29, 0.717) is 0 Å². The van der Waals surface area contributed by atoms with Gasteiger partial charge in [0.2, 0.25) is 0 Å². The molecule has 1 saturated carbocycles. The molecule has 2 rings (SSSR count). The van der Waals surface area contributed by atoms with Gasteiger partial charge < -0.3 is 10.1 Å². The number of amides is 1. The summed E-state index contributed by atoms with van der Waals surface area (Å²) in [6.07, 6.45) is 0.573. The van der Waals surface area contributed by atoms with Crippen molar-refractivity contribution in [1.29, 1.82) is 0 Å². The van der Waals surface area contributed by atoms with Crippen LogP contribution in [0.4, 0.5) is 4.79 Å². The normalized spacial score (nSPS) is 25.8. The molecule has 1 fully saturated rings. The highest BCUT2D eigenvalue weighted by Gasteiger charge is 2.52. The largest absolute Gasteiger partial charge is 0.444 e. The first kappa shape index (κ1) is 14.2. The average Bonchev–Trinajstić information content (AvgIpc) is 2.88. The van der Waals surface area contributed by atoms with E-state index in [-0.39, 0.29) is 17.6 Å². The van der Waals surface area contributed by atoms with E-state index in [0.717, 1.165) is 11.4 Å². The van der Waals surface area contributed by atoms with E-state index in [4.69, 9.17) is 16.3 Å². The Bertz CT molecular complexity index is 478. The SMILES string of the molecule is CC(C)(C)OC(=O)NC1C[C@]1(C)c1ccc(Cl)cc1. The van der Waals surface area contributed by atoms with Gasteiger partial charge in [0.25, 0.3) is 0 Å². The van der Waals surface area contributed by atoms with Crippen LogP contribution in [0.25, 0.3) is 0 Å². The second-order valence-corrected chi connectivity index (χ2v) is 6.76. The highest BCUT2D eigenvalue weighted by atomic mass is 35.5. The first-order chi connectivity index (χ1) is 8.71. The number of nitrogens with one attached hydrogen (secondary N) is 1. The number of ether oxygens (including phenoxy) is 1. The molecule has 0 bridgehead atoms. The maximum atomic E-state index is 11.7. The van der Waals surface area contributed by atoms with Gasteiger partial charge in [0.1, 0.15) is 5.60 Å². The van der Waals surface area contributed by atoms with Crippen molar-refractivity contribution in [3.05, 3.63) is 34.9 Å². The predicted molar refractivity (Wildman–Crippen MR) is 76.6 cm³/mol. The van der Waals surface area contributed by atoms with E-state index in [1.165, 1.54) is 5.56 Å². The van der Waals surface area contributed by atoms with E-state index >= 15 is 0 Å². The Hall–Kier alpha value is -1.22. The van der Waals surface area contributed by atoms with E-state index in [1.54, 1.807) is 0 Å². The van der Waals surface area contributed by atoms with E-state index in [2.05, 4.69) is 12.2 Å². The topological polar surface area (TPSA) is 38.3 Å². The quantitative estimate of drug-likeness (QED) is 0.893. The summed E-state index contributed by atoms with van der Waals surface area (Å²) in [4.78, 5) is 11.7. The Morgan fingerprint density at radius 1 is 1.37 bits per heavy atom. The Kier molecular flexibility index (Phi) is 3.52. The molecule has 0 heterocycles. The first-order valence-electron chi connectivity index (χ1n) is 6.46. The van der Waals surface area contributed by atoms with Crippen molar-refractivity contribution in [2.24, 2.45) is 0 Å². The lowest BCUT2D eigenvalue weighted by Crippen LogP contribution is -2.36. The molecule has 1 unspecified atom stereocenters. The van der Waals surface area contributed by atoms with Crippen LogP contribution in [0.5, 0.6) is 0 Å². The van der Waals surface area contributed by atoms with Crippen LogP contribution in [0, 0.1) is 0 Å². The summed E-state index contributed by atoms with van der Waals surface area (Å²) in [5.41, 5.74) is 0.717. The second-order valence-electron chi connectivity index (χ2n) is 6.33. The molecule has 3 nitrogen and oxygen atoms in total. The monoisotopic (exact) mass is 281 g/mol. The third kappa shape index (κ3) is 3.41. The molecule has 1 amide bonds. The predicted octanol–water partition coefficient (Wildman–Crippen LogP) is 3.89. The maximum absolute atomic E-state index is 11.7. The van der Waals surface area contributed by atoms with Crippen molar-refractivity contribution in [3.63, 3.8) is 0 Å². The molecule has 1 aliphatic carbocycles. The molecule has 0 aliphatic heterocycles. The van der Waals surface area contributed by atoms with Crippen LogP contribution in [0.2, 0.25) is 5.02 Å². The molecule has 2 atom stereocenters. The third-order valence-corrected chi connectivity index (χ3v) is 3.68. The van der Waals surface area contributed by atoms with Gasteiger partial charge in [-0.25, -0.2) is 4.79 Å². The number of carbonyl (C=O) groups excluding carboxylic acids is 1. The number of halogens is 1. The third-order valence-electron chi connectivity index (χ3n) is 3.43. The second kappa shape index (κ2) is 4.71. The van der Waals surface area contributed by atoms with Crippen LogP contribution >= 0.6 is 11.6 Å². The first-order valence-corrected chi connectivity index (χ1v) is 6.84. The molecule has 0 spiro atoms. The smallest absolute Gasteiger partial charge is 0.407 e. The van der Waals surface area contributed by atoms with Crippen LogP contribution in [0.1, 0.15) is 39.7 Å². The lowest BCUT2D eigenvalue weighted by atomic mass is 9.97. The summed E-state index contributed by atoms with van der Waals surface area (Å²) in [5, 5.41) is 3.65. The molecular weight excluding hydrogens is 262 g/mol. The number of rotatable bonds is 2. The van der Waals surface area contributed by atoms with Crippen molar-refractivity contribution in [2.45, 2.75) is 51.2 Å². The fraction of sp³-hybridized carbons (Fsp3) is 0.533. The van der Waals surface area contributed by atoms with Crippen molar-refractivity contribution in [1.82, 2.24) is 5.32 Å². The molecule has 4 heteroatoms. The zero-order valence-corrected chi connectivity index (χ0v) is 12.5. The Labute approximate surface area is 119 Å². The summed E-state index contributed by atoms with van der Waals surface area (Å²) in [5.74, 6) is 0. The molecule has 0 radical (unpaired) electrons. The van der Waals surface area contributed by atoms with Crippen molar-refractivity contribution in [2.75, 3.05) is 0 Å². The van der Waals surface area contributed by atoms with Gasteiger partial charge in [-0.1, -0.05) is 30.7 Å². The number of alkyl carbamates (subject to hydrolysis) is 1. The van der Waals surface area contributed by atoms with Gasteiger partial charge in [-0.15, -0.1) is 0 Å². The molecule has 19 heavy (non-hydrogen) atoms. The number of benzene rings is 1. The van der Waals surface area contributed by atoms with Crippen molar-refractivity contribution in [3.8, 4) is 0 Å². The lowest BCUT2D eigenvalue weighted by molar-refractivity contribution is 0.0520. The minimum absolute atomic E-state index is 0.0124. The number of hydrogen-bond donors (Lipinski definition) is 1. The zero-order chi connectivity index (χ0) is 14.3. The number of carbonyl (C=O) groups is 1. The van der Waals surface area contributed by atoms with E-state index < -0.39 is 5.60 Å². The standard InChI is InChI=1S/C15H20ClNO2/c1-14(2,3)19-13(18)17-12-9-15(12,4)10-5-7-11(16)8-6-10/h5-8,12H,9H2,1-4H3,(H,17,18)/t12?,15-/m1/s1. The van der Waals surface area contributed by atoms with Gasteiger partial charge in [0, 0.05) is 16.5 Å². The molecule has 1 aliphatic rings. The Balaban J connectivity index is 1.96. The van der Waals surface area contributed by atoms with Crippen LogP contribution in [0.3, 0.4) is 0 Å². The zero-order valence-electron chi connectivity index (χ0n) is 11.8. The highest BCUT2D eigenvalue weighted by Crippen LogP contribution is 2.48. The number of hydrogen-bond acceptors (Lipinski definition) is 2. The minimum atomic E-state index is -0.463.